The zero-order valence-electron chi connectivity index (χ0n) is 13.3. The Morgan fingerprint density at radius 3 is 2.39 bits per heavy atom. The number of nitro groups is 1. The van der Waals surface area contributed by atoms with Crippen molar-refractivity contribution < 1.29 is 14.5 Å². The maximum absolute atomic E-state index is 11.8. The fourth-order valence-corrected chi connectivity index (χ4v) is 2.06. The maximum Gasteiger partial charge on any atom is 0.313 e. The molecule has 1 aromatic carbocycles. The molecule has 2 amide bonds. The van der Waals surface area contributed by atoms with E-state index >= 15 is 0 Å². The molecule has 0 saturated heterocycles. The molecule has 2 N–H and O–H groups in total. The molecule has 0 heterocycles. The van der Waals surface area contributed by atoms with Gasteiger partial charge in [-0.25, -0.2) is 0 Å². The van der Waals surface area contributed by atoms with Crippen LogP contribution in [-0.2, 0) is 9.59 Å². The molecule has 0 aliphatic heterocycles. The second-order valence-corrected chi connectivity index (χ2v) is 6.13. The van der Waals surface area contributed by atoms with E-state index in [0.717, 1.165) is 18.9 Å². The number of nitro benzene ring substituents is 1. The van der Waals surface area contributed by atoms with Crippen LogP contribution in [0.5, 0.6) is 0 Å². The molecule has 0 bridgehead atoms. The first kappa shape index (κ1) is 18.9. The van der Waals surface area contributed by atoms with Crippen LogP contribution in [0.1, 0.15) is 33.6 Å². The maximum atomic E-state index is 11.8. The molecule has 1 atom stereocenters. The van der Waals surface area contributed by atoms with Crippen LogP contribution in [0.15, 0.2) is 18.2 Å². The highest BCUT2D eigenvalue weighted by molar-refractivity contribution is 6.41. The number of rotatable bonds is 6. The van der Waals surface area contributed by atoms with Gasteiger partial charge >= 0.3 is 11.8 Å². The van der Waals surface area contributed by atoms with Crippen LogP contribution in [0.4, 0.5) is 11.4 Å². The number of nitrogens with one attached hydrogen (secondary N) is 2. The molecule has 0 radical (unpaired) electrons. The minimum absolute atomic E-state index is 0.00629. The summed E-state index contributed by atoms with van der Waals surface area (Å²) in [5.74, 6) is -1.12. The number of carbonyl (C=O) groups excluding carboxylic acids is 2. The fraction of sp³-hybridized carbons (Fsp3) is 0.467. The van der Waals surface area contributed by atoms with Crippen LogP contribution in [0, 0.1) is 16.0 Å². The molecule has 0 spiro atoms. The molecule has 0 aliphatic rings. The van der Waals surface area contributed by atoms with Crippen molar-refractivity contribution in [2.24, 2.45) is 5.92 Å². The third-order valence-electron chi connectivity index (χ3n) is 3.17. The zero-order valence-corrected chi connectivity index (χ0v) is 14.0. The molecule has 0 aliphatic carbocycles. The van der Waals surface area contributed by atoms with Crippen molar-refractivity contribution in [1.29, 1.82) is 0 Å². The Labute approximate surface area is 139 Å². The van der Waals surface area contributed by atoms with E-state index in [4.69, 9.17) is 11.6 Å². The van der Waals surface area contributed by atoms with Crippen LogP contribution in [0.2, 0.25) is 5.02 Å². The lowest BCUT2D eigenvalue weighted by Crippen LogP contribution is -2.40. The highest BCUT2D eigenvalue weighted by Crippen LogP contribution is 2.26. The summed E-state index contributed by atoms with van der Waals surface area (Å²) in [6.07, 6.45) is 1.71. The van der Waals surface area contributed by atoms with Gasteiger partial charge in [0.05, 0.1) is 15.6 Å². The van der Waals surface area contributed by atoms with E-state index in [1.807, 2.05) is 6.92 Å². The van der Waals surface area contributed by atoms with E-state index in [-0.39, 0.29) is 22.4 Å². The Balaban J connectivity index is 2.61. The standard InChI is InChI=1S/C15H20ClN3O4/c1-9(2)4-5-10(3)17-14(20)15(21)18-13-7-6-11(19(22)23)8-12(13)16/h6-10H,4-5H2,1-3H3,(H,17,20)(H,18,21). The number of anilines is 1. The van der Waals surface area contributed by atoms with Gasteiger partial charge in [-0.1, -0.05) is 25.4 Å². The summed E-state index contributed by atoms with van der Waals surface area (Å²) in [6.45, 7) is 5.99. The lowest BCUT2D eigenvalue weighted by Gasteiger charge is -2.15. The molecule has 1 unspecified atom stereocenters. The van der Waals surface area contributed by atoms with E-state index in [9.17, 15) is 19.7 Å². The van der Waals surface area contributed by atoms with Crippen molar-refractivity contribution in [2.45, 2.75) is 39.7 Å². The summed E-state index contributed by atoms with van der Waals surface area (Å²) < 4.78 is 0. The molecule has 8 heteroatoms. The quantitative estimate of drug-likeness (QED) is 0.471. The minimum Gasteiger partial charge on any atom is -0.345 e. The van der Waals surface area contributed by atoms with E-state index in [1.54, 1.807) is 0 Å². The summed E-state index contributed by atoms with van der Waals surface area (Å²) in [4.78, 5) is 33.7. The van der Waals surface area contributed by atoms with Gasteiger partial charge in [-0.2, -0.15) is 0 Å². The zero-order chi connectivity index (χ0) is 17.6. The molecular formula is C15H20ClN3O4. The number of hydrogen-bond donors (Lipinski definition) is 2. The summed E-state index contributed by atoms with van der Waals surface area (Å²) >= 11 is 5.86. The first-order chi connectivity index (χ1) is 10.7. The van der Waals surface area contributed by atoms with Gasteiger partial charge < -0.3 is 10.6 Å². The second-order valence-electron chi connectivity index (χ2n) is 5.72. The Morgan fingerprint density at radius 2 is 1.87 bits per heavy atom. The second kappa shape index (κ2) is 8.47. The molecule has 1 aromatic rings. The van der Waals surface area contributed by atoms with Crippen molar-refractivity contribution in [1.82, 2.24) is 5.32 Å². The predicted octanol–water partition coefficient (Wildman–Crippen LogP) is 3.13. The summed E-state index contributed by atoms with van der Waals surface area (Å²) in [6, 6.07) is 3.47. The molecule has 126 valence electrons. The lowest BCUT2D eigenvalue weighted by atomic mass is 10.0. The smallest absolute Gasteiger partial charge is 0.313 e. The van der Waals surface area contributed by atoms with Crippen LogP contribution in [-0.4, -0.2) is 22.8 Å². The van der Waals surface area contributed by atoms with Crippen LogP contribution >= 0.6 is 11.6 Å². The normalized spacial score (nSPS) is 11.9. The number of hydrogen-bond acceptors (Lipinski definition) is 4. The first-order valence-corrected chi connectivity index (χ1v) is 7.64. The average molecular weight is 342 g/mol. The molecule has 0 aromatic heterocycles. The van der Waals surface area contributed by atoms with Crippen LogP contribution in [0.3, 0.4) is 0 Å². The summed E-state index contributed by atoms with van der Waals surface area (Å²) in [5, 5.41) is 15.6. The van der Waals surface area contributed by atoms with E-state index in [2.05, 4.69) is 24.5 Å². The Bertz CT molecular complexity index is 604. The Kier molecular flexibility index (Phi) is 6.96. The highest BCUT2D eigenvalue weighted by atomic mass is 35.5. The van der Waals surface area contributed by atoms with Crippen molar-refractivity contribution in [3.05, 3.63) is 33.3 Å². The van der Waals surface area contributed by atoms with Gasteiger partial charge in [0.1, 0.15) is 0 Å². The molecule has 0 saturated carbocycles. The van der Waals surface area contributed by atoms with Crippen molar-refractivity contribution >= 4 is 34.8 Å². The molecule has 23 heavy (non-hydrogen) atoms. The van der Waals surface area contributed by atoms with E-state index in [1.165, 1.54) is 12.1 Å². The number of amides is 2. The highest BCUT2D eigenvalue weighted by Gasteiger charge is 2.18. The Hall–Kier alpha value is -2.15. The summed E-state index contributed by atoms with van der Waals surface area (Å²) in [5.41, 5.74) is -0.0491. The van der Waals surface area contributed by atoms with Crippen LogP contribution in [0.25, 0.3) is 0 Å². The monoisotopic (exact) mass is 341 g/mol. The third kappa shape index (κ3) is 6.23. The first-order valence-electron chi connectivity index (χ1n) is 7.26. The van der Waals surface area contributed by atoms with Gasteiger partial charge in [0.25, 0.3) is 5.69 Å². The predicted molar refractivity (Wildman–Crippen MR) is 88.4 cm³/mol. The van der Waals surface area contributed by atoms with Gasteiger partial charge in [0, 0.05) is 18.2 Å². The van der Waals surface area contributed by atoms with Gasteiger partial charge in [-0.3, -0.25) is 19.7 Å². The van der Waals surface area contributed by atoms with Gasteiger partial charge in [0.2, 0.25) is 0 Å². The Morgan fingerprint density at radius 1 is 1.22 bits per heavy atom. The summed E-state index contributed by atoms with van der Waals surface area (Å²) in [7, 11) is 0. The number of benzene rings is 1. The van der Waals surface area contributed by atoms with Gasteiger partial charge in [-0.05, 0) is 31.7 Å². The van der Waals surface area contributed by atoms with Crippen molar-refractivity contribution in [3.63, 3.8) is 0 Å². The van der Waals surface area contributed by atoms with Gasteiger partial charge in [0.15, 0.2) is 0 Å². The van der Waals surface area contributed by atoms with Crippen molar-refractivity contribution in [2.75, 3.05) is 5.32 Å². The van der Waals surface area contributed by atoms with E-state index < -0.39 is 16.7 Å². The average Bonchev–Trinajstić information content (AvgIpc) is 2.46. The number of non-ortho nitro benzene ring substituents is 1. The topological polar surface area (TPSA) is 101 Å². The molecular weight excluding hydrogens is 322 g/mol. The van der Waals surface area contributed by atoms with E-state index in [0.29, 0.717) is 5.92 Å². The lowest BCUT2D eigenvalue weighted by molar-refractivity contribution is -0.384. The molecule has 1 rings (SSSR count). The number of carbonyl (C=O) groups is 2. The van der Waals surface area contributed by atoms with Crippen molar-refractivity contribution in [3.8, 4) is 0 Å². The SMILES string of the molecule is CC(C)CCC(C)NC(=O)C(=O)Nc1ccc([N+](=O)[O-])cc1Cl. The number of nitrogens with zero attached hydrogens (tertiary/aromatic N) is 1. The molecule has 7 nitrogen and oxygen atoms in total. The fourth-order valence-electron chi connectivity index (χ4n) is 1.84. The van der Waals surface area contributed by atoms with Crippen LogP contribution < -0.4 is 10.6 Å². The number of halogens is 1. The molecule has 0 fully saturated rings. The largest absolute Gasteiger partial charge is 0.345 e. The van der Waals surface area contributed by atoms with Gasteiger partial charge in [-0.15, -0.1) is 0 Å². The third-order valence-corrected chi connectivity index (χ3v) is 3.49. The minimum atomic E-state index is -0.864.